The molecule has 7 rings (SSSR count). The van der Waals surface area contributed by atoms with E-state index < -0.39 is 0 Å². The van der Waals surface area contributed by atoms with Crippen molar-refractivity contribution in [2.24, 2.45) is 0 Å². The maximum Gasteiger partial charge on any atom is 0.178 e. The fourth-order valence-corrected chi connectivity index (χ4v) is 5.29. The number of halogens is 1. The summed E-state index contributed by atoms with van der Waals surface area (Å²) in [7, 11) is 1.60. The Balaban J connectivity index is 1.23. The van der Waals surface area contributed by atoms with E-state index in [1.165, 1.54) is 25.0 Å². The zero-order chi connectivity index (χ0) is 27.8. The van der Waals surface area contributed by atoms with Gasteiger partial charge in [0.25, 0.3) is 0 Å². The largest absolute Gasteiger partial charge is 0.495 e. The summed E-state index contributed by atoms with van der Waals surface area (Å²) in [5, 5.41) is 8.38. The molecule has 0 amide bonds. The standard InChI is InChI=1S/C30H27FN8O2/c1-40-22-12-19(15-32-16-22)25-14-24-26(17-34-25)37-38-28(24)30-35-27-23(4-5-33-29(27)36-30)18-10-20(31)13-21(11-18)41-9-8-39-6-2-3-7-39/h4-5,10-17H,2-3,6-9H2,1H3,(H,37,38)(H,33,35,36). The second kappa shape index (κ2) is 10.6. The van der Waals surface area contributed by atoms with Crippen molar-refractivity contribution >= 4 is 22.1 Å². The molecule has 10 nitrogen and oxygen atoms in total. The Hall–Kier alpha value is -4.90. The number of fused-ring (bicyclic) bond motifs is 2. The smallest absolute Gasteiger partial charge is 0.178 e. The summed E-state index contributed by atoms with van der Waals surface area (Å²) in [5.41, 5.74) is 5.53. The first kappa shape index (κ1) is 25.1. The molecule has 206 valence electrons. The quantitative estimate of drug-likeness (QED) is 0.264. The second-order valence-electron chi connectivity index (χ2n) is 10.0. The maximum absolute atomic E-state index is 14.7. The van der Waals surface area contributed by atoms with Gasteiger partial charge in [-0.1, -0.05) is 0 Å². The molecule has 1 fully saturated rings. The Labute approximate surface area is 234 Å². The Morgan fingerprint density at radius 3 is 2.73 bits per heavy atom. The van der Waals surface area contributed by atoms with Crippen molar-refractivity contribution in [1.29, 1.82) is 0 Å². The first-order valence-corrected chi connectivity index (χ1v) is 13.5. The van der Waals surface area contributed by atoms with Crippen molar-refractivity contribution in [2.45, 2.75) is 12.8 Å². The van der Waals surface area contributed by atoms with Gasteiger partial charge in [0.2, 0.25) is 0 Å². The average Bonchev–Trinajstić information content (AvgIpc) is 3.76. The number of methoxy groups -OCH3 is 1. The molecule has 1 aliphatic rings. The van der Waals surface area contributed by atoms with Crippen LogP contribution in [0, 0.1) is 5.82 Å². The SMILES string of the molecule is COc1cncc(-c2cc3c(-c4nc5nccc(-c6cc(F)cc(OCCN7CCCC7)c6)c5[nH]4)n[nH]c3cn2)c1. The van der Waals surface area contributed by atoms with E-state index in [1.807, 2.05) is 24.3 Å². The summed E-state index contributed by atoms with van der Waals surface area (Å²) < 4.78 is 26.0. The minimum Gasteiger partial charge on any atom is -0.495 e. The van der Waals surface area contributed by atoms with Gasteiger partial charge in [0.15, 0.2) is 11.5 Å². The van der Waals surface area contributed by atoms with Crippen LogP contribution in [0.2, 0.25) is 0 Å². The van der Waals surface area contributed by atoms with Gasteiger partial charge in [-0.25, -0.2) is 14.4 Å². The molecule has 6 aromatic rings. The van der Waals surface area contributed by atoms with E-state index in [4.69, 9.17) is 14.5 Å². The number of pyridine rings is 3. The van der Waals surface area contributed by atoms with E-state index >= 15 is 0 Å². The van der Waals surface area contributed by atoms with Crippen LogP contribution in [0.15, 0.2) is 61.2 Å². The van der Waals surface area contributed by atoms with Crippen LogP contribution in [0.5, 0.6) is 11.5 Å². The number of nitrogens with one attached hydrogen (secondary N) is 2. The summed E-state index contributed by atoms with van der Waals surface area (Å²) >= 11 is 0. The van der Waals surface area contributed by atoms with Crippen LogP contribution in [-0.4, -0.2) is 73.4 Å². The van der Waals surface area contributed by atoms with Crippen LogP contribution in [-0.2, 0) is 0 Å². The number of ether oxygens (including phenoxy) is 2. The fraction of sp³-hybridized carbons (Fsp3) is 0.233. The van der Waals surface area contributed by atoms with Gasteiger partial charge < -0.3 is 14.5 Å². The number of nitrogens with zero attached hydrogens (tertiary/aromatic N) is 6. The highest BCUT2D eigenvalue weighted by Crippen LogP contribution is 2.33. The van der Waals surface area contributed by atoms with Crippen molar-refractivity contribution in [2.75, 3.05) is 33.4 Å². The number of likely N-dealkylation sites (tertiary alicyclic amines) is 1. The summed E-state index contributed by atoms with van der Waals surface area (Å²) in [5.74, 6) is 1.30. The molecule has 0 spiro atoms. The van der Waals surface area contributed by atoms with Crippen molar-refractivity contribution in [3.63, 3.8) is 0 Å². The van der Waals surface area contributed by atoms with E-state index in [-0.39, 0.29) is 5.82 Å². The highest BCUT2D eigenvalue weighted by molar-refractivity contribution is 5.96. The number of aromatic amines is 2. The molecule has 0 radical (unpaired) electrons. The van der Waals surface area contributed by atoms with Crippen molar-refractivity contribution in [3.8, 4) is 45.4 Å². The molecule has 0 bridgehead atoms. The van der Waals surface area contributed by atoms with Gasteiger partial charge in [0.1, 0.15) is 29.6 Å². The normalized spacial score (nSPS) is 13.8. The number of hydrogen-bond donors (Lipinski definition) is 2. The van der Waals surface area contributed by atoms with Crippen LogP contribution >= 0.6 is 0 Å². The summed E-state index contributed by atoms with van der Waals surface area (Å²) in [6.07, 6.45) is 9.22. The third kappa shape index (κ3) is 4.95. The van der Waals surface area contributed by atoms with Crippen LogP contribution in [0.25, 0.3) is 56.0 Å². The molecule has 6 heterocycles. The molecule has 2 N–H and O–H groups in total. The number of rotatable bonds is 8. The minimum absolute atomic E-state index is 0.367. The zero-order valence-electron chi connectivity index (χ0n) is 22.4. The van der Waals surface area contributed by atoms with Crippen LogP contribution in [0.4, 0.5) is 4.39 Å². The van der Waals surface area contributed by atoms with E-state index in [0.29, 0.717) is 46.4 Å². The first-order valence-electron chi connectivity index (χ1n) is 13.5. The third-order valence-corrected chi connectivity index (χ3v) is 7.37. The highest BCUT2D eigenvalue weighted by Gasteiger charge is 2.18. The number of imidazole rings is 1. The lowest BCUT2D eigenvalue weighted by Crippen LogP contribution is -2.25. The molecule has 11 heteroatoms. The Morgan fingerprint density at radius 1 is 0.976 bits per heavy atom. The summed E-state index contributed by atoms with van der Waals surface area (Å²) in [4.78, 5) is 23.7. The molecule has 0 unspecified atom stereocenters. The number of hydrogen-bond acceptors (Lipinski definition) is 8. The third-order valence-electron chi connectivity index (χ3n) is 7.37. The van der Waals surface area contributed by atoms with Crippen LogP contribution in [0.1, 0.15) is 12.8 Å². The van der Waals surface area contributed by atoms with Gasteiger partial charge in [0.05, 0.1) is 36.2 Å². The topological polar surface area (TPSA) is 118 Å². The molecule has 41 heavy (non-hydrogen) atoms. The predicted octanol–water partition coefficient (Wildman–Crippen LogP) is 5.25. The number of H-pyrrole nitrogens is 2. The van der Waals surface area contributed by atoms with Crippen LogP contribution in [0.3, 0.4) is 0 Å². The lowest BCUT2D eigenvalue weighted by Gasteiger charge is -2.15. The second-order valence-corrected chi connectivity index (χ2v) is 10.0. The van der Waals surface area contributed by atoms with Gasteiger partial charge in [-0.2, -0.15) is 5.10 Å². The van der Waals surface area contributed by atoms with Crippen molar-refractivity contribution in [3.05, 3.63) is 67.0 Å². The number of benzene rings is 1. The molecule has 0 saturated carbocycles. The molecule has 1 aliphatic heterocycles. The molecule has 1 aromatic carbocycles. The van der Waals surface area contributed by atoms with E-state index in [9.17, 15) is 4.39 Å². The van der Waals surface area contributed by atoms with Gasteiger partial charge in [0, 0.05) is 41.5 Å². The van der Waals surface area contributed by atoms with Crippen LogP contribution < -0.4 is 9.47 Å². The summed E-state index contributed by atoms with van der Waals surface area (Å²) in [6, 6.07) is 10.4. The highest BCUT2D eigenvalue weighted by atomic mass is 19.1. The Bertz CT molecular complexity index is 1860. The molecule has 5 aromatic heterocycles. The monoisotopic (exact) mass is 550 g/mol. The van der Waals surface area contributed by atoms with Gasteiger partial charge in [-0.15, -0.1) is 0 Å². The average molecular weight is 551 g/mol. The minimum atomic E-state index is -0.367. The van der Waals surface area contributed by atoms with Gasteiger partial charge in [-0.05, 0) is 61.8 Å². The van der Waals surface area contributed by atoms with Crippen molar-refractivity contribution < 1.29 is 13.9 Å². The Morgan fingerprint density at radius 2 is 1.85 bits per heavy atom. The van der Waals surface area contributed by atoms with E-state index in [1.54, 1.807) is 31.9 Å². The molecular weight excluding hydrogens is 523 g/mol. The molecular formula is C30H27FN8O2. The van der Waals surface area contributed by atoms with E-state index in [2.05, 4.69) is 35.0 Å². The molecule has 0 aliphatic carbocycles. The number of aromatic nitrogens is 7. The fourth-order valence-electron chi connectivity index (χ4n) is 5.29. The lowest BCUT2D eigenvalue weighted by molar-refractivity contribution is 0.237. The van der Waals surface area contributed by atoms with E-state index in [0.717, 1.165) is 47.4 Å². The van der Waals surface area contributed by atoms with Crippen molar-refractivity contribution in [1.82, 2.24) is 40.0 Å². The van der Waals surface area contributed by atoms with Gasteiger partial charge in [-0.3, -0.25) is 20.0 Å². The zero-order valence-corrected chi connectivity index (χ0v) is 22.4. The maximum atomic E-state index is 14.7. The van der Waals surface area contributed by atoms with Gasteiger partial charge >= 0.3 is 0 Å². The predicted molar refractivity (Wildman–Crippen MR) is 153 cm³/mol. The molecule has 1 saturated heterocycles. The Kier molecular flexibility index (Phi) is 6.48. The summed E-state index contributed by atoms with van der Waals surface area (Å²) in [6.45, 7) is 3.53. The molecule has 0 atom stereocenters. The lowest BCUT2D eigenvalue weighted by atomic mass is 10.1. The first-order chi connectivity index (χ1) is 20.1.